The van der Waals surface area contributed by atoms with Gasteiger partial charge in [0.2, 0.25) is 5.82 Å². The number of rotatable bonds is 4. The van der Waals surface area contributed by atoms with E-state index in [9.17, 15) is 8.42 Å². The quantitative estimate of drug-likeness (QED) is 0.789. The van der Waals surface area contributed by atoms with Crippen LogP contribution in [0.25, 0.3) is 11.4 Å². The minimum atomic E-state index is -3.75. The number of nitrogens with one attached hydrogen (secondary N) is 1. The van der Waals surface area contributed by atoms with Crippen molar-refractivity contribution in [2.24, 2.45) is 0 Å². The maximum absolute atomic E-state index is 12.2. The Labute approximate surface area is 127 Å². The van der Waals surface area contributed by atoms with Gasteiger partial charge in [0.25, 0.3) is 10.0 Å². The van der Waals surface area contributed by atoms with Crippen molar-refractivity contribution < 1.29 is 8.42 Å². The lowest BCUT2D eigenvalue weighted by Gasteiger charge is -2.05. The molecule has 0 aliphatic rings. The van der Waals surface area contributed by atoms with Crippen LogP contribution >= 0.6 is 0 Å². The third-order valence-electron chi connectivity index (χ3n) is 2.98. The molecule has 0 radical (unpaired) electrons. The molecule has 7 nitrogen and oxygen atoms in total. The number of hydrogen-bond donors (Lipinski definition) is 1. The first-order chi connectivity index (χ1) is 10.5. The average molecular weight is 315 g/mol. The normalized spacial score (nSPS) is 11.3. The van der Waals surface area contributed by atoms with E-state index in [4.69, 9.17) is 0 Å². The Morgan fingerprint density at radius 3 is 2.36 bits per heavy atom. The Morgan fingerprint density at radius 2 is 1.68 bits per heavy atom. The lowest BCUT2D eigenvalue weighted by atomic mass is 10.2. The Bertz CT molecular complexity index is 873. The van der Waals surface area contributed by atoms with Gasteiger partial charge >= 0.3 is 0 Å². The summed E-state index contributed by atoms with van der Waals surface area (Å²) >= 11 is 0. The van der Waals surface area contributed by atoms with Crippen LogP contribution in [0.15, 0.2) is 59.5 Å². The highest BCUT2D eigenvalue weighted by Crippen LogP contribution is 2.13. The van der Waals surface area contributed by atoms with Crippen LogP contribution in [-0.4, -0.2) is 28.7 Å². The summed E-state index contributed by atoms with van der Waals surface area (Å²) in [5.74, 6) is 0.340. The molecule has 0 aliphatic heterocycles. The van der Waals surface area contributed by atoms with Crippen LogP contribution in [-0.2, 0) is 10.0 Å². The van der Waals surface area contributed by atoms with Crippen molar-refractivity contribution in [2.75, 3.05) is 4.83 Å². The van der Waals surface area contributed by atoms with Crippen LogP contribution in [0, 0.1) is 6.92 Å². The van der Waals surface area contributed by atoms with E-state index in [1.54, 1.807) is 12.1 Å². The SMILES string of the molecule is Cc1ccc(S(=O)(=O)Nn2nnc(-c3ccccc3)n2)cc1. The Kier molecular flexibility index (Phi) is 3.60. The molecule has 8 heteroatoms. The zero-order valence-electron chi connectivity index (χ0n) is 11.7. The number of aromatic nitrogens is 4. The van der Waals surface area contributed by atoms with Crippen LogP contribution in [0.2, 0.25) is 0 Å². The lowest BCUT2D eigenvalue weighted by Crippen LogP contribution is -2.25. The molecule has 0 unspecified atom stereocenters. The molecule has 0 atom stereocenters. The minimum absolute atomic E-state index is 0.136. The molecule has 0 bridgehead atoms. The van der Waals surface area contributed by atoms with Gasteiger partial charge in [-0.05, 0) is 24.3 Å². The largest absolute Gasteiger partial charge is 0.277 e. The van der Waals surface area contributed by atoms with E-state index in [1.807, 2.05) is 37.3 Å². The monoisotopic (exact) mass is 315 g/mol. The van der Waals surface area contributed by atoms with Gasteiger partial charge in [-0.3, -0.25) is 0 Å². The summed E-state index contributed by atoms with van der Waals surface area (Å²) in [6.07, 6.45) is 0. The predicted octanol–water partition coefficient (Wildman–Crippen LogP) is 1.58. The van der Waals surface area contributed by atoms with Crippen molar-refractivity contribution >= 4 is 10.0 Å². The van der Waals surface area contributed by atoms with Crippen LogP contribution in [0.5, 0.6) is 0 Å². The first-order valence-corrected chi connectivity index (χ1v) is 7.98. The van der Waals surface area contributed by atoms with E-state index in [-0.39, 0.29) is 4.90 Å². The number of sulfonamides is 1. The molecule has 22 heavy (non-hydrogen) atoms. The van der Waals surface area contributed by atoms with E-state index < -0.39 is 10.0 Å². The first-order valence-electron chi connectivity index (χ1n) is 6.49. The molecule has 0 fully saturated rings. The molecule has 1 heterocycles. The van der Waals surface area contributed by atoms with Gasteiger partial charge in [0.15, 0.2) is 0 Å². The summed E-state index contributed by atoms with van der Waals surface area (Å²) in [5.41, 5.74) is 1.73. The highest BCUT2D eigenvalue weighted by atomic mass is 32.2. The predicted molar refractivity (Wildman–Crippen MR) is 81.0 cm³/mol. The van der Waals surface area contributed by atoms with Gasteiger partial charge in [-0.2, -0.15) is 13.2 Å². The molecule has 1 N–H and O–H groups in total. The van der Waals surface area contributed by atoms with E-state index in [2.05, 4.69) is 20.2 Å². The molecule has 0 spiro atoms. The summed E-state index contributed by atoms with van der Waals surface area (Å²) in [7, 11) is -3.75. The van der Waals surface area contributed by atoms with Crippen molar-refractivity contribution in [3.8, 4) is 11.4 Å². The first kappa shape index (κ1) is 14.2. The molecular weight excluding hydrogens is 302 g/mol. The van der Waals surface area contributed by atoms with Crippen LogP contribution < -0.4 is 4.83 Å². The number of tetrazole rings is 1. The number of nitrogens with zero attached hydrogens (tertiary/aromatic N) is 4. The summed E-state index contributed by atoms with van der Waals surface area (Å²) in [4.78, 5) is 3.23. The van der Waals surface area contributed by atoms with Crippen molar-refractivity contribution in [3.63, 3.8) is 0 Å². The summed E-state index contributed by atoms with van der Waals surface area (Å²) in [6.45, 7) is 1.88. The van der Waals surface area contributed by atoms with Gasteiger partial charge in [-0.25, -0.2) is 0 Å². The van der Waals surface area contributed by atoms with E-state index in [0.717, 1.165) is 16.0 Å². The zero-order valence-corrected chi connectivity index (χ0v) is 12.5. The fraction of sp³-hybridized carbons (Fsp3) is 0.0714. The zero-order chi connectivity index (χ0) is 15.6. The number of aryl methyl sites for hydroxylation is 1. The van der Waals surface area contributed by atoms with Crippen LogP contribution in [0.1, 0.15) is 5.56 Å². The fourth-order valence-electron chi connectivity index (χ4n) is 1.83. The van der Waals surface area contributed by atoms with Crippen LogP contribution in [0.4, 0.5) is 0 Å². The summed E-state index contributed by atoms with van der Waals surface area (Å²) in [5, 5.41) is 11.6. The number of benzene rings is 2. The van der Waals surface area contributed by atoms with E-state index >= 15 is 0 Å². The van der Waals surface area contributed by atoms with Gasteiger partial charge in [-0.1, -0.05) is 52.9 Å². The van der Waals surface area contributed by atoms with Gasteiger partial charge in [-0.15, -0.1) is 10.2 Å². The fourth-order valence-corrected chi connectivity index (χ4v) is 2.73. The molecule has 0 saturated carbocycles. The molecule has 3 aromatic rings. The maximum Gasteiger partial charge on any atom is 0.277 e. The van der Waals surface area contributed by atoms with Gasteiger partial charge in [0.05, 0.1) is 4.90 Å². The molecule has 2 aromatic carbocycles. The Balaban J connectivity index is 1.84. The molecule has 112 valence electrons. The Morgan fingerprint density at radius 1 is 1.00 bits per heavy atom. The minimum Gasteiger partial charge on any atom is -0.200 e. The molecular formula is C14H13N5O2S. The molecule has 3 rings (SSSR count). The van der Waals surface area contributed by atoms with Gasteiger partial charge < -0.3 is 0 Å². The highest BCUT2D eigenvalue weighted by Gasteiger charge is 2.16. The van der Waals surface area contributed by atoms with Crippen LogP contribution in [0.3, 0.4) is 0 Å². The highest BCUT2D eigenvalue weighted by molar-refractivity contribution is 7.92. The average Bonchev–Trinajstić information content (AvgIpc) is 2.96. The summed E-state index contributed by atoms with van der Waals surface area (Å²) in [6, 6.07) is 15.7. The van der Waals surface area contributed by atoms with Crippen molar-refractivity contribution in [1.29, 1.82) is 0 Å². The molecule has 1 aromatic heterocycles. The van der Waals surface area contributed by atoms with Gasteiger partial charge in [0, 0.05) is 5.56 Å². The van der Waals surface area contributed by atoms with E-state index in [0.29, 0.717) is 5.82 Å². The second-order valence-electron chi connectivity index (χ2n) is 4.68. The van der Waals surface area contributed by atoms with Crippen molar-refractivity contribution in [3.05, 3.63) is 60.2 Å². The molecule has 0 saturated heterocycles. The third-order valence-corrected chi connectivity index (χ3v) is 4.28. The number of hydrogen-bond acceptors (Lipinski definition) is 5. The van der Waals surface area contributed by atoms with E-state index in [1.165, 1.54) is 12.1 Å². The maximum atomic E-state index is 12.2. The van der Waals surface area contributed by atoms with Crippen molar-refractivity contribution in [2.45, 2.75) is 11.8 Å². The standard InChI is InChI=1S/C14H13N5O2S/c1-11-7-9-13(10-8-11)22(20,21)18-19-16-14(15-17-19)12-5-3-2-4-6-12/h2-10,18H,1H3. The third kappa shape index (κ3) is 2.96. The Hall–Kier alpha value is -2.74. The van der Waals surface area contributed by atoms with Gasteiger partial charge in [0.1, 0.15) is 0 Å². The summed E-state index contributed by atoms with van der Waals surface area (Å²) < 4.78 is 24.4. The smallest absolute Gasteiger partial charge is 0.200 e. The van der Waals surface area contributed by atoms with Crippen molar-refractivity contribution in [1.82, 2.24) is 20.3 Å². The topological polar surface area (TPSA) is 89.8 Å². The second-order valence-corrected chi connectivity index (χ2v) is 6.34. The lowest BCUT2D eigenvalue weighted by molar-refractivity contribution is 0.580. The molecule has 0 aliphatic carbocycles. The molecule has 0 amide bonds. The second kappa shape index (κ2) is 5.57.